The lowest BCUT2D eigenvalue weighted by molar-refractivity contribution is 0.670. The molecule has 0 amide bonds. The van der Waals surface area contributed by atoms with Crippen molar-refractivity contribution >= 4 is 118 Å². The van der Waals surface area contributed by atoms with E-state index in [1.54, 1.807) is 11.3 Å². The fraction of sp³-hybridized carbons (Fsp3) is 0.0317. The summed E-state index contributed by atoms with van der Waals surface area (Å²) >= 11 is 3.64. The van der Waals surface area contributed by atoms with E-state index >= 15 is 0 Å². The third-order valence-electron chi connectivity index (χ3n) is 14.2. The zero-order valence-electron chi connectivity index (χ0n) is 37.0. The molecule has 15 rings (SSSR count). The van der Waals surface area contributed by atoms with E-state index in [0.717, 1.165) is 73.0 Å². The molecule has 1 aliphatic rings. The fourth-order valence-corrected chi connectivity index (χ4v) is 13.6. The summed E-state index contributed by atoms with van der Waals surface area (Å²) in [5.74, 6) is 1.98. The molecule has 10 aromatic carbocycles. The van der Waals surface area contributed by atoms with Gasteiger partial charge >= 0.3 is 0 Å². The van der Waals surface area contributed by atoms with Crippen LogP contribution in [0.1, 0.15) is 18.4 Å². The Morgan fingerprint density at radius 1 is 0.391 bits per heavy atom. The van der Waals surface area contributed by atoms with Crippen LogP contribution >= 0.6 is 22.7 Å². The van der Waals surface area contributed by atoms with Crippen molar-refractivity contribution in [2.75, 3.05) is 0 Å². The molecule has 0 unspecified atom stereocenters. The average Bonchev–Trinajstić information content (AvgIpc) is 4.12. The van der Waals surface area contributed by atoms with Crippen molar-refractivity contribution < 1.29 is 4.42 Å². The first-order chi connectivity index (χ1) is 34.2. The number of fused-ring (bicyclic) bond motifs is 13. The lowest BCUT2D eigenvalue weighted by Gasteiger charge is -2.17. The number of furan rings is 1. The minimum Gasteiger partial charge on any atom is -0.455 e. The minimum atomic E-state index is 0.656. The van der Waals surface area contributed by atoms with E-state index in [2.05, 4.69) is 200 Å². The molecule has 0 N–H and O–H groups in total. The largest absolute Gasteiger partial charge is 0.455 e. The standard InChI is InChI=1S/C63H37N3OS2/c1-2-16-37-36(15-1)35-52(42-18-4-3-17-38(37)42)63-65-61(64-62(66-63)51-28-13-26-47-43-19-6-9-30-54(43)69-60(47)51)48-27-12-22-39-40(23-11-24-41(39)48)45-33-34-46(59-58(45)49-20-5-8-29-53(49)67-59)44-25-14-32-56-57(44)50-21-7-10-31-55(50)68-56/h1-10,12-22,24-35H,11,23H2. The summed E-state index contributed by atoms with van der Waals surface area (Å²) in [7, 11) is 0. The number of thiophene rings is 2. The van der Waals surface area contributed by atoms with E-state index in [-0.39, 0.29) is 0 Å². The quantitative estimate of drug-likeness (QED) is 0.161. The zero-order chi connectivity index (χ0) is 45.2. The average molecular weight is 916 g/mol. The smallest absolute Gasteiger partial charge is 0.165 e. The van der Waals surface area contributed by atoms with Crippen molar-refractivity contribution in [1.82, 2.24) is 15.0 Å². The molecule has 69 heavy (non-hydrogen) atoms. The van der Waals surface area contributed by atoms with E-state index in [9.17, 15) is 0 Å². The fourth-order valence-electron chi connectivity index (χ4n) is 11.2. The molecule has 0 radical (unpaired) electrons. The van der Waals surface area contributed by atoms with Gasteiger partial charge < -0.3 is 4.42 Å². The van der Waals surface area contributed by atoms with Gasteiger partial charge in [-0.25, -0.2) is 15.0 Å². The molecule has 0 bridgehead atoms. The zero-order valence-corrected chi connectivity index (χ0v) is 38.7. The summed E-state index contributed by atoms with van der Waals surface area (Å²) < 4.78 is 11.9. The first-order valence-corrected chi connectivity index (χ1v) is 25.1. The minimum absolute atomic E-state index is 0.656. The third-order valence-corrected chi connectivity index (χ3v) is 16.6. The molecule has 0 fully saturated rings. The van der Waals surface area contributed by atoms with E-state index in [1.807, 2.05) is 11.3 Å². The van der Waals surface area contributed by atoms with Crippen LogP contribution in [0.4, 0.5) is 0 Å². The maximum absolute atomic E-state index is 6.96. The molecule has 0 spiro atoms. The second-order valence-electron chi connectivity index (χ2n) is 18.0. The van der Waals surface area contributed by atoms with E-state index in [1.165, 1.54) is 73.0 Å². The SMILES string of the molecule is C1=c2c(-c3nc(-c4cc5ccccc5c5ccccc45)nc(-c4cccc5c4sc4ccccc45)n3)cccc2=C(c2ccc(-c3cccc4sc5ccccc5c34)c3oc4ccccc4c23)CC1. The van der Waals surface area contributed by atoms with Gasteiger partial charge in [0, 0.05) is 73.4 Å². The van der Waals surface area contributed by atoms with Gasteiger partial charge in [-0.05, 0) is 104 Å². The van der Waals surface area contributed by atoms with Crippen LogP contribution in [0.25, 0.3) is 141 Å². The predicted molar refractivity (Wildman–Crippen MR) is 292 cm³/mol. The molecular weight excluding hydrogens is 879 g/mol. The van der Waals surface area contributed by atoms with Crippen molar-refractivity contribution in [2.45, 2.75) is 12.8 Å². The number of benzene rings is 10. The molecule has 0 saturated carbocycles. The molecule has 4 nitrogen and oxygen atoms in total. The van der Waals surface area contributed by atoms with Crippen molar-refractivity contribution in [2.24, 2.45) is 0 Å². The molecule has 14 aromatic rings. The second kappa shape index (κ2) is 15.1. The van der Waals surface area contributed by atoms with E-state index in [4.69, 9.17) is 19.4 Å². The van der Waals surface area contributed by atoms with Crippen molar-refractivity contribution in [3.8, 4) is 45.3 Å². The van der Waals surface area contributed by atoms with Gasteiger partial charge in [-0.2, -0.15) is 0 Å². The molecule has 4 heterocycles. The number of hydrogen-bond donors (Lipinski definition) is 0. The van der Waals surface area contributed by atoms with Gasteiger partial charge in [0.2, 0.25) is 0 Å². The number of para-hydroxylation sites is 1. The molecule has 322 valence electrons. The topological polar surface area (TPSA) is 51.8 Å². The molecule has 6 heteroatoms. The molecule has 0 aliphatic heterocycles. The number of nitrogens with zero attached hydrogens (tertiary/aromatic N) is 3. The van der Waals surface area contributed by atoms with Gasteiger partial charge in [-0.15, -0.1) is 22.7 Å². The summed E-state index contributed by atoms with van der Waals surface area (Å²) in [6.07, 6.45) is 4.15. The Hall–Kier alpha value is -8.29. The second-order valence-corrected chi connectivity index (χ2v) is 20.1. The Balaban J connectivity index is 0.985. The van der Waals surface area contributed by atoms with Crippen LogP contribution in [0.5, 0.6) is 0 Å². The van der Waals surface area contributed by atoms with Crippen molar-refractivity contribution in [1.29, 1.82) is 0 Å². The Morgan fingerprint density at radius 2 is 1.00 bits per heavy atom. The van der Waals surface area contributed by atoms with Crippen molar-refractivity contribution in [3.63, 3.8) is 0 Å². The molecule has 0 atom stereocenters. The summed E-state index contributed by atoms with van der Waals surface area (Å²) in [5.41, 5.74) is 9.58. The summed E-state index contributed by atoms with van der Waals surface area (Å²) in [4.78, 5) is 16.4. The lowest BCUT2D eigenvalue weighted by atomic mass is 9.87. The maximum atomic E-state index is 6.96. The molecule has 4 aromatic heterocycles. The Kier molecular flexibility index (Phi) is 8.49. The highest BCUT2D eigenvalue weighted by Gasteiger charge is 2.24. The van der Waals surface area contributed by atoms with Gasteiger partial charge in [0.25, 0.3) is 0 Å². The van der Waals surface area contributed by atoms with Crippen LogP contribution in [0, 0.1) is 0 Å². The Bertz CT molecular complexity index is 4630. The Morgan fingerprint density at radius 3 is 1.87 bits per heavy atom. The highest BCUT2D eigenvalue weighted by Crippen LogP contribution is 2.46. The van der Waals surface area contributed by atoms with Gasteiger partial charge in [0.1, 0.15) is 11.2 Å². The van der Waals surface area contributed by atoms with Crippen LogP contribution in [-0.4, -0.2) is 15.0 Å². The summed E-state index contributed by atoms with van der Waals surface area (Å²) in [5, 5.41) is 14.3. The lowest BCUT2D eigenvalue weighted by Crippen LogP contribution is -2.32. The first-order valence-electron chi connectivity index (χ1n) is 23.5. The van der Waals surface area contributed by atoms with Gasteiger partial charge in [-0.3, -0.25) is 0 Å². The highest BCUT2D eigenvalue weighted by atomic mass is 32.1. The monoisotopic (exact) mass is 915 g/mol. The van der Waals surface area contributed by atoms with Crippen molar-refractivity contribution in [3.05, 3.63) is 210 Å². The van der Waals surface area contributed by atoms with Crippen LogP contribution in [-0.2, 0) is 0 Å². The third kappa shape index (κ3) is 5.89. The molecule has 1 aliphatic carbocycles. The van der Waals surface area contributed by atoms with Gasteiger partial charge in [0.15, 0.2) is 17.5 Å². The van der Waals surface area contributed by atoms with Crippen LogP contribution < -0.4 is 10.4 Å². The van der Waals surface area contributed by atoms with E-state index in [0.29, 0.717) is 17.5 Å². The first kappa shape index (κ1) is 38.8. The van der Waals surface area contributed by atoms with Gasteiger partial charge in [0.05, 0.1) is 0 Å². The molecular formula is C63H37N3OS2. The Labute approximate surface area is 403 Å². The van der Waals surface area contributed by atoms with Crippen LogP contribution in [0.3, 0.4) is 0 Å². The number of aromatic nitrogens is 3. The predicted octanol–water partition coefficient (Wildman–Crippen LogP) is 16.3. The number of rotatable bonds is 5. The van der Waals surface area contributed by atoms with E-state index < -0.39 is 0 Å². The summed E-state index contributed by atoms with van der Waals surface area (Å²) in [6, 6.07) is 69.9. The maximum Gasteiger partial charge on any atom is 0.165 e. The normalized spacial score (nSPS) is 12.9. The summed E-state index contributed by atoms with van der Waals surface area (Å²) in [6.45, 7) is 0. The van der Waals surface area contributed by atoms with Gasteiger partial charge in [-0.1, -0.05) is 158 Å². The highest BCUT2D eigenvalue weighted by molar-refractivity contribution is 7.26. The van der Waals surface area contributed by atoms with Crippen LogP contribution in [0.15, 0.2) is 199 Å². The molecule has 0 saturated heterocycles. The van der Waals surface area contributed by atoms with Crippen LogP contribution in [0.2, 0.25) is 0 Å². The number of hydrogen-bond acceptors (Lipinski definition) is 6.